The zero-order chi connectivity index (χ0) is 13.0. The molecule has 92 valence electrons. The van der Waals surface area contributed by atoms with E-state index in [1.807, 2.05) is 0 Å². The van der Waals surface area contributed by atoms with Crippen LogP contribution in [0.3, 0.4) is 0 Å². The molecule has 0 saturated heterocycles. The van der Waals surface area contributed by atoms with Crippen molar-refractivity contribution in [1.82, 2.24) is 0 Å². The minimum Gasteiger partial charge on any atom is -0.477 e. The molecule has 0 amide bonds. The van der Waals surface area contributed by atoms with Crippen molar-refractivity contribution < 1.29 is 19.9 Å². The maximum Gasteiger partial charge on any atom is 0.342 e. The quantitative estimate of drug-likeness (QED) is 0.473. The lowest BCUT2D eigenvalue weighted by atomic mass is 10.2. The van der Waals surface area contributed by atoms with E-state index in [1.54, 1.807) is 6.92 Å². The average molecular weight is 257 g/mol. The van der Waals surface area contributed by atoms with Gasteiger partial charge in [-0.15, -0.1) is 11.8 Å². The van der Waals surface area contributed by atoms with Gasteiger partial charge >= 0.3 is 5.97 Å². The van der Waals surface area contributed by atoms with Crippen LogP contribution in [0.1, 0.15) is 17.3 Å². The maximum atomic E-state index is 10.9. The van der Waals surface area contributed by atoms with E-state index in [2.05, 4.69) is 0 Å². The van der Waals surface area contributed by atoms with Gasteiger partial charge in [0, 0.05) is 16.2 Å². The van der Waals surface area contributed by atoms with E-state index in [0.29, 0.717) is 4.90 Å². The maximum absolute atomic E-state index is 10.9. The molecule has 1 aromatic carbocycles. The summed E-state index contributed by atoms with van der Waals surface area (Å²) in [5.41, 5.74) is -0.774. The molecule has 0 spiro atoms. The van der Waals surface area contributed by atoms with Crippen LogP contribution >= 0.6 is 11.8 Å². The summed E-state index contributed by atoms with van der Waals surface area (Å²) in [6.45, 7) is 1.72. The SMILES string of the molecule is CC(CO)Sc1ccc([N+](=O)[O-])c(C(=O)O)c1. The van der Waals surface area contributed by atoms with Gasteiger partial charge in [-0.1, -0.05) is 6.92 Å². The molecule has 1 aromatic rings. The smallest absolute Gasteiger partial charge is 0.342 e. The van der Waals surface area contributed by atoms with Crippen molar-refractivity contribution in [2.75, 3.05) is 6.61 Å². The first kappa shape index (κ1) is 13.5. The topological polar surface area (TPSA) is 101 Å². The number of carboxylic acids is 1. The number of nitro benzene ring substituents is 1. The highest BCUT2D eigenvalue weighted by Crippen LogP contribution is 2.28. The molecule has 0 aliphatic heterocycles. The Labute approximate surface area is 101 Å². The van der Waals surface area contributed by atoms with E-state index >= 15 is 0 Å². The van der Waals surface area contributed by atoms with E-state index < -0.39 is 16.6 Å². The number of nitro groups is 1. The van der Waals surface area contributed by atoms with Gasteiger partial charge in [-0.05, 0) is 12.1 Å². The van der Waals surface area contributed by atoms with E-state index in [-0.39, 0.29) is 17.4 Å². The minimum atomic E-state index is -1.34. The van der Waals surface area contributed by atoms with Crippen LogP contribution in [-0.4, -0.2) is 33.0 Å². The Morgan fingerprint density at radius 2 is 2.24 bits per heavy atom. The van der Waals surface area contributed by atoms with Gasteiger partial charge in [0.15, 0.2) is 0 Å². The number of thioether (sulfide) groups is 1. The summed E-state index contributed by atoms with van der Waals surface area (Å²) in [4.78, 5) is 21.3. The second kappa shape index (κ2) is 5.65. The molecule has 0 heterocycles. The monoisotopic (exact) mass is 257 g/mol. The summed E-state index contributed by atoms with van der Waals surface area (Å²) in [6, 6.07) is 3.88. The number of carboxylic acid groups (broad SMARTS) is 1. The second-order valence-corrected chi connectivity index (χ2v) is 4.86. The number of carbonyl (C=O) groups is 1. The molecule has 0 aliphatic rings. The van der Waals surface area contributed by atoms with Crippen LogP contribution in [0.2, 0.25) is 0 Å². The van der Waals surface area contributed by atoms with Crippen LogP contribution in [0, 0.1) is 10.1 Å². The Balaban J connectivity index is 3.10. The Hall–Kier alpha value is -1.60. The molecule has 1 rings (SSSR count). The summed E-state index contributed by atoms with van der Waals surface area (Å²) in [6.07, 6.45) is 0. The average Bonchev–Trinajstić information content (AvgIpc) is 2.28. The molecule has 0 fully saturated rings. The summed E-state index contributed by atoms with van der Waals surface area (Å²) in [7, 11) is 0. The fraction of sp³-hybridized carbons (Fsp3) is 0.300. The first-order chi connectivity index (χ1) is 7.95. The van der Waals surface area contributed by atoms with E-state index in [1.165, 1.54) is 23.9 Å². The molecular formula is C10H11NO5S. The minimum absolute atomic E-state index is 0.0515. The van der Waals surface area contributed by atoms with Gasteiger partial charge in [0.25, 0.3) is 5.69 Å². The lowest BCUT2D eigenvalue weighted by Crippen LogP contribution is -2.05. The van der Waals surface area contributed by atoms with Crippen molar-refractivity contribution in [2.24, 2.45) is 0 Å². The van der Waals surface area contributed by atoms with Crippen LogP contribution in [0.15, 0.2) is 23.1 Å². The molecule has 0 radical (unpaired) electrons. The molecule has 0 bridgehead atoms. The van der Waals surface area contributed by atoms with Crippen molar-refractivity contribution in [1.29, 1.82) is 0 Å². The highest BCUT2D eigenvalue weighted by Gasteiger charge is 2.20. The molecule has 0 aliphatic carbocycles. The fourth-order valence-electron chi connectivity index (χ4n) is 1.19. The van der Waals surface area contributed by atoms with Crippen molar-refractivity contribution in [2.45, 2.75) is 17.1 Å². The lowest BCUT2D eigenvalue weighted by Gasteiger charge is -2.08. The van der Waals surface area contributed by atoms with Crippen LogP contribution in [0.5, 0.6) is 0 Å². The predicted molar refractivity (Wildman–Crippen MR) is 62.5 cm³/mol. The molecule has 2 N–H and O–H groups in total. The number of nitrogens with zero attached hydrogens (tertiary/aromatic N) is 1. The molecule has 1 unspecified atom stereocenters. The number of aliphatic hydroxyl groups excluding tert-OH is 1. The van der Waals surface area contributed by atoms with Gasteiger partial charge in [-0.2, -0.15) is 0 Å². The fourth-order valence-corrected chi connectivity index (χ4v) is 2.06. The van der Waals surface area contributed by atoms with E-state index in [9.17, 15) is 14.9 Å². The second-order valence-electron chi connectivity index (χ2n) is 3.35. The molecule has 0 aromatic heterocycles. The Kier molecular flexibility index (Phi) is 4.47. The van der Waals surface area contributed by atoms with Crippen LogP contribution in [0.4, 0.5) is 5.69 Å². The van der Waals surface area contributed by atoms with Gasteiger partial charge in [0.05, 0.1) is 11.5 Å². The summed E-state index contributed by atoms with van der Waals surface area (Å²) in [5, 5.41) is 28.3. The first-order valence-corrected chi connectivity index (χ1v) is 5.63. The van der Waals surface area contributed by atoms with E-state index in [0.717, 1.165) is 6.07 Å². The first-order valence-electron chi connectivity index (χ1n) is 4.75. The third kappa shape index (κ3) is 3.43. The standard InChI is InChI=1S/C10H11NO5S/c1-6(5-12)17-7-2-3-9(11(15)16)8(4-7)10(13)14/h2-4,6,12H,5H2,1H3,(H,13,14). The highest BCUT2D eigenvalue weighted by atomic mass is 32.2. The molecule has 6 nitrogen and oxygen atoms in total. The van der Waals surface area contributed by atoms with Crippen molar-refractivity contribution in [3.8, 4) is 0 Å². The molecular weight excluding hydrogens is 246 g/mol. The molecule has 7 heteroatoms. The number of aromatic carboxylic acids is 1. The highest BCUT2D eigenvalue weighted by molar-refractivity contribution is 8.00. The van der Waals surface area contributed by atoms with Crippen molar-refractivity contribution >= 4 is 23.4 Å². The zero-order valence-electron chi connectivity index (χ0n) is 8.99. The molecule has 17 heavy (non-hydrogen) atoms. The van der Waals surface area contributed by atoms with Crippen LogP contribution < -0.4 is 0 Å². The van der Waals surface area contributed by atoms with Crippen LogP contribution in [0.25, 0.3) is 0 Å². The van der Waals surface area contributed by atoms with Crippen LogP contribution in [-0.2, 0) is 0 Å². The number of rotatable bonds is 5. The number of hydrogen-bond donors (Lipinski definition) is 2. The Bertz CT molecular complexity index is 448. The zero-order valence-corrected chi connectivity index (χ0v) is 9.81. The van der Waals surface area contributed by atoms with E-state index in [4.69, 9.17) is 10.2 Å². The van der Waals surface area contributed by atoms with Gasteiger partial charge in [-0.25, -0.2) is 4.79 Å². The van der Waals surface area contributed by atoms with Gasteiger partial charge < -0.3 is 10.2 Å². The molecule has 0 saturated carbocycles. The third-order valence-electron chi connectivity index (χ3n) is 1.99. The number of aliphatic hydroxyl groups is 1. The lowest BCUT2D eigenvalue weighted by molar-refractivity contribution is -0.385. The Morgan fingerprint density at radius 3 is 2.71 bits per heavy atom. The summed E-state index contributed by atoms with van der Waals surface area (Å²) in [5.74, 6) is -1.34. The number of hydrogen-bond acceptors (Lipinski definition) is 5. The largest absolute Gasteiger partial charge is 0.477 e. The number of benzene rings is 1. The van der Waals surface area contributed by atoms with Gasteiger partial charge in [-0.3, -0.25) is 10.1 Å². The van der Waals surface area contributed by atoms with Crippen molar-refractivity contribution in [3.63, 3.8) is 0 Å². The van der Waals surface area contributed by atoms with Gasteiger partial charge in [0.2, 0.25) is 0 Å². The molecule has 1 atom stereocenters. The van der Waals surface area contributed by atoms with Gasteiger partial charge in [0.1, 0.15) is 5.56 Å². The predicted octanol–water partition coefficient (Wildman–Crippen LogP) is 1.77. The summed E-state index contributed by atoms with van der Waals surface area (Å²) < 4.78 is 0. The Morgan fingerprint density at radius 1 is 1.59 bits per heavy atom. The van der Waals surface area contributed by atoms with Crippen molar-refractivity contribution in [3.05, 3.63) is 33.9 Å². The normalized spacial score (nSPS) is 12.1. The third-order valence-corrected chi connectivity index (χ3v) is 3.07. The summed E-state index contributed by atoms with van der Waals surface area (Å²) >= 11 is 1.26.